The van der Waals surface area contributed by atoms with Gasteiger partial charge in [-0.15, -0.1) is 16.4 Å². The first kappa shape index (κ1) is 8.97. The molecule has 2 aromatic heterocycles. The summed E-state index contributed by atoms with van der Waals surface area (Å²) in [4.78, 5) is 4.62. The predicted molar refractivity (Wildman–Crippen MR) is 59.7 cm³/mol. The first-order valence-electron chi connectivity index (χ1n) is 5.17. The van der Waals surface area contributed by atoms with Gasteiger partial charge in [0, 0.05) is 17.5 Å². The first-order valence-corrected chi connectivity index (χ1v) is 6.05. The topological polar surface area (TPSA) is 38.7 Å². The molecule has 2 aromatic rings. The summed E-state index contributed by atoms with van der Waals surface area (Å²) in [5.74, 6) is 0.701. The molecule has 2 heterocycles. The summed E-state index contributed by atoms with van der Waals surface area (Å²) in [6.07, 6.45) is 5.62. The monoisotopic (exact) mass is 217 g/mol. The standard InChI is InChI=1S/C11H11N3S/c1-3-8(4-1)10-7-15-11(13-10)9-5-2-6-12-14-9/h2,5-8H,1,3-4H2. The molecule has 0 unspecified atom stereocenters. The number of thiazole rings is 1. The molecule has 0 saturated heterocycles. The molecule has 0 N–H and O–H groups in total. The van der Waals surface area contributed by atoms with Crippen LogP contribution in [-0.4, -0.2) is 15.2 Å². The Balaban J connectivity index is 1.90. The molecule has 1 fully saturated rings. The van der Waals surface area contributed by atoms with Gasteiger partial charge in [-0.3, -0.25) is 0 Å². The highest BCUT2D eigenvalue weighted by Crippen LogP contribution is 2.37. The van der Waals surface area contributed by atoms with Crippen molar-refractivity contribution in [1.82, 2.24) is 15.2 Å². The molecule has 15 heavy (non-hydrogen) atoms. The molecule has 1 aliphatic carbocycles. The average molecular weight is 217 g/mol. The van der Waals surface area contributed by atoms with Crippen molar-refractivity contribution in [2.45, 2.75) is 25.2 Å². The fourth-order valence-corrected chi connectivity index (χ4v) is 2.58. The third-order valence-electron chi connectivity index (χ3n) is 2.84. The molecule has 0 radical (unpaired) electrons. The van der Waals surface area contributed by atoms with E-state index in [2.05, 4.69) is 20.6 Å². The van der Waals surface area contributed by atoms with Crippen molar-refractivity contribution in [2.24, 2.45) is 0 Å². The zero-order valence-electron chi connectivity index (χ0n) is 8.26. The van der Waals surface area contributed by atoms with E-state index in [4.69, 9.17) is 0 Å². The molecule has 0 atom stereocenters. The van der Waals surface area contributed by atoms with Crippen LogP contribution in [0.2, 0.25) is 0 Å². The Bertz CT molecular complexity index is 448. The molecule has 0 aliphatic heterocycles. The Morgan fingerprint density at radius 2 is 2.27 bits per heavy atom. The van der Waals surface area contributed by atoms with E-state index in [1.165, 1.54) is 25.0 Å². The Morgan fingerprint density at radius 1 is 1.33 bits per heavy atom. The van der Waals surface area contributed by atoms with Gasteiger partial charge in [-0.25, -0.2) is 4.98 Å². The van der Waals surface area contributed by atoms with Gasteiger partial charge in [0.1, 0.15) is 10.7 Å². The molecule has 0 aromatic carbocycles. The summed E-state index contributed by atoms with van der Waals surface area (Å²) in [7, 11) is 0. The van der Waals surface area contributed by atoms with Gasteiger partial charge < -0.3 is 0 Å². The lowest BCUT2D eigenvalue weighted by atomic mass is 9.83. The number of hydrogen-bond acceptors (Lipinski definition) is 4. The van der Waals surface area contributed by atoms with E-state index in [0.717, 1.165) is 10.7 Å². The summed E-state index contributed by atoms with van der Waals surface area (Å²) < 4.78 is 0. The first-order chi connectivity index (χ1) is 7.43. The van der Waals surface area contributed by atoms with Crippen LogP contribution in [0.5, 0.6) is 0 Å². The number of nitrogens with zero attached hydrogens (tertiary/aromatic N) is 3. The second kappa shape index (κ2) is 3.70. The largest absolute Gasteiger partial charge is 0.239 e. The van der Waals surface area contributed by atoms with Gasteiger partial charge in [0.25, 0.3) is 0 Å². The van der Waals surface area contributed by atoms with Crippen LogP contribution in [0.15, 0.2) is 23.7 Å². The summed E-state index contributed by atoms with van der Waals surface area (Å²) in [5.41, 5.74) is 2.12. The van der Waals surface area contributed by atoms with Gasteiger partial charge in [-0.05, 0) is 25.0 Å². The van der Waals surface area contributed by atoms with Gasteiger partial charge >= 0.3 is 0 Å². The fourth-order valence-electron chi connectivity index (χ4n) is 1.71. The predicted octanol–water partition coefficient (Wildman–Crippen LogP) is 2.87. The summed E-state index contributed by atoms with van der Waals surface area (Å²) in [6.45, 7) is 0. The van der Waals surface area contributed by atoms with Crippen LogP contribution in [0.25, 0.3) is 10.7 Å². The maximum Gasteiger partial charge on any atom is 0.144 e. The number of rotatable bonds is 2. The van der Waals surface area contributed by atoms with Gasteiger partial charge in [0.05, 0.1) is 5.69 Å². The molecular formula is C11H11N3S. The normalized spacial score (nSPS) is 16.3. The van der Waals surface area contributed by atoms with Gasteiger partial charge in [-0.1, -0.05) is 6.42 Å². The average Bonchev–Trinajstić information content (AvgIpc) is 2.66. The van der Waals surface area contributed by atoms with Crippen LogP contribution in [-0.2, 0) is 0 Å². The van der Waals surface area contributed by atoms with E-state index >= 15 is 0 Å². The highest BCUT2D eigenvalue weighted by Gasteiger charge is 2.22. The molecule has 0 spiro atoms. The Hall–Kier alpha value is -1.29. The third kappa shape index (κ3) is 1.65. The second-order valence-electron chi connectivity index (χ2n) is 3.81. The molecule has 1 aliphatic rings. The second-order valence-corrected chi connectivity index (χ2v) is 4.67. The van der Waals surface area contributed by atoms with Crippen LogP contribution in [0.3, 0.4) is 0 Å². The minimum Gasteiger partial charge on any atom is -0.239 e. The number of aromatic nitrogens is 3. The Kier molecular flexibility index (Phi) is 2.21. The maximum atomic E-state index is 4.62. The Morgan fingerprint density at radius 3 is 2.93 bits per heavy atom. The highest BCUT2D eigenvalue weighted by atomic mass is 32.1. The molecule has 0 bridgehead atoms. The van der Waals surface area contributed by atoms with Crippen molar-refractivity contribution in [3.05, 3.63) is 29.4 Å². The number of hydrogen-bond donors (Lipinski definition) is 0. The Labute approximate surface area is 92.2 Å². The van der Waals surface area contributed by atoms with Crippen molar-refractivity contribution in [2.75, 3.05) is 0 Å². The van der Waals surface area contributed by atoms with Crippen molar-refractivity contribution < 1.29 is 0 Å². The van der Waals surface area contributed by atoms with Crippen LogP contribution < -0.4 is 0 Å². The molecule has 1 saturated carbocycles. The van der Waals surface area contributed by atoms with Crippen LogP contribution in [0.4, 0.5) is 0 Å². The van der Waals surface area contributed by atoms with Gasteiger partial charge in [0.15, 0.2) is 0 Å². The van der Waals surface area contributed by atoms with Crippen molar-refractivity contribution in [1.29, 1.82) is 0 Å². The zero-order valence-corrected chi connectivity index (χ0v) is 9.07. The molecule has 3 nitrogen and oxygen atoms in total. The van der Waals surface area contributed by atoms with Crippen LogP contribution in [0, 0.1) is 0 Å². The fraction of sp³-hybridized carbons (Fsp3) is 0.364. The van der Waals surface area contributed by atoms with E-state index in [0.29, 0.717) is 5.92 Å². The molecule has 0 amide bonds. The summed E-state index contributed by atoms with van der Waals surface area (Å²) >= 11 is 1.67. The van der Waals surface area contributed by atoms with Crippen LogP contribution >= 0.6 is 11.3 Å². The van der Waals surface area contributed by atoms with E-state index in [1.54, 1.807) is 17.5 Å². The maximum absolute atomic E-state index is 4.62. The van der Waals surface area contributed by atoms with Crippen LogP contribution in [0.1, 0.15) is 30.9 Å². The van der Waals surface area contributed by atoms with Crippen molar-refractivity contribution in [3.63, 3.8) is 0 Å². The van der Waals surface area contributed by atoms with Crippen molar-refractivity contribution >= 4 is 11.3 Å². The molecular weight excluding hydrogens is 206 g/mol. The lowest BCUT2D eigenvalue weighted by Gasteiger charge is -2.22. The summed E-state index contributed by atoms with van der Waals surface area (Å²) in [5, 5.41) is 11.1. The van der Waals surface area contributed by atoms with Gasteiger partial charge in [0.2, 0.25) is 0 Å². The van der Waals surface area contributed by atoms with Crippen molar-refractivity contribution in [3.8, 4) is 10.7 Å². The SMILES string of the molecule is c1cnnc(-c2nc(C3CCC3)cs2)c1. The third-order valence-corrected chi connectivity index (χ3v) is 3.72. The van der Waals surface area contributed by atoms with E-state index < -0.39 is 0 Å². The highest BCUT2D eigenvalue weighted by molar-refractivity contribution is 7.13. The minimum atomic E-state index is 0.701. The van der Waals surface area contributed by atoms with E-state index in [-0.39, 0.29) is 0 Å². The van der Waals surface area contributed by atoms with E-state index in [9.17, 15) is 0 Å². The quantitative estimate of drug-likeness (QED) is 0.776. The lowest BCUT2D eigenvalue weighted by Crippen LogP contribution is -2.08. The molecule has 76 valence electrons. The van der Waals surface area contributed by atoms with E-state index in [1.807, 2.05) is 12.1 Å². The zero-order chi connectivity index (χ0) is 10.1. The lowest BCUT2D eigenvalue weighted by molar-refractivity contribution is 0.413. The smallest absolute Gasteiger partial charge is 0.144 e. The van der Waals surface area contributed by atoms with Gasteiger partial charge in [-0.2, -0.15) is 5.10 Å². The molecule has 4 heteroatoms. The molecule has 3 rings (SSSR count). The minimum absolute atomic E-state index is 0.701. The summed E-state index contributed by atoms with van der Waals surface area (Å²) in [6, 6.07) is 3.85.